The maximum Gasteiger partial charge on any atom is 0.275 e. The fourth-order valence-corrected chi connectivity index (χ4v) is 5.08. The lowest BCUT2D eigenvalue weighted by molar-refractivity contribution is 0.0482. The van der Waals surface area contributed by atoms with E-state index in [0.29, 0.717) is 18.5 Å². The number of amides is 2. The normalized spacial score (nSPS) is 24.0. The van der Waals surface area contributed by atoms with Crippen molar-refractivity contribution in [2.45, 2.75) is 44.4 Å². The number of benzene rings is 1. The molecule has 30 heavy (non-hydrogen) atoms. The number of nitrogens with one attached hydrogen (secondary N) is 1. The van der Waals surface area contributed by atoms with Crippen LogP contribution in [0.15, 0.2) is 29.2 Å². The first-order valence-corrected chi connectivity index (χ1v) is 9.86. The van der Waals surface area contributed by atoms with Crippen LogP contribution in [-0.4, -0.2) is 38.5 Å². The second-order valence-electron chi connectivity index (χ2n) is 8.15. The molecule has 2 N–H and O–H groups in total. The van der Waals surface area contributed by atoms with Crippen molar-refractivity contribution in [3.8, 4) is 5.75 Å². The van der Waals surface area contributed by atoms with Crippen LogP contribution in [0, 0.1) is 17.6 Å². The van der Waals surface area contributed by atoms with E-state index in [1.165, 1.54) is 16.8 Å². The van der Waals surface area contributed by atoms with Crippen LogP contribution in [0.2, 0.25) is 0 Å². The van der Waals surface area contributed by atoms with E-state index in [1.807, 2.05) is 0 Å². The van der Waals surface area contributed by atoms with Gasteiger partial charge in [0, 0.05) is 37.0 Å². The molecule has 2 bridgehead atoms. The van der Waals surface area contributed by atoms with Crippen LogP contribution in [0.5, 0.6) is 5.75 Å². The van der Waals surface area contributed by atoms with Gasteiger partial charge < -0.3 is 19.9 Å². The Bertz CT molecular complexity index is 1150. The molecular weight excluding hydrogens is 396 g/mol. The third-order valence-electron chi connectivity index (χ3n) is 6.52. The molecule has 0 spiro atoms. The number of pyridine rings is 1. The van der Waals surface area contributed by atoms with Crippen LogP contribution in [0.25, 0.3) is 0 Å². The molecule has 1 aromatic heterocycles. The quantitative estimate of drug-likeness (QED) is 0.799. The molecule has 3 atom stereocenters. The van der Waals surface area contributed by atoms with Crippen LogP contribution in [-0.2, 0) is 13.1 Å². The maximum atomic E-state index is 13.8. The minimum Gasteiger partial charge on any atom is -0.503 e. The molecule has 1 aliphatic carbocycles. The minimum absolute atomic E-state index is 0.00475. The van der Waals surface area contributed by atoms with Crippen LogP contribution < -0.4 is 10.7 Å². The van der Waals surface area contributed by atoms with Gasteiger partial charge in [-0.15, -0.1) is 0 Å². The van der Waals surface area contributed by atoms with Gasteiger partial charge in [-0.25, -0.2) is 8.78 Å². The number of piperidine rings is 1. The number of carbonyl (C=O) groups excluding carboxylic acids is 2. The molecule has 3 aliphatic rings. The number of nitrogens with zero attached hydrogens (tertiary/aromatic N) is 2. The molecular formula is C21H19F2N3O4. The number of aromatic nitrogens is 1. The van der Waals surface area contributed by atoms with Gasteiger partial charge >= 0.3 is 0 Å². The highest BCUT2D eigenvalue weighted by Crippen LogP contribution is 2.45. The lowest BCUT2D eigenvalue weighted by Crippen LogP contribution is -2.52. The maximum absolute atomic E-state index is 13.8. The van der Waals surface area contributed by atoms with Crippen molar-refractivity contribution in [1.82, 2.24) is 14.8 Å². The van der Waals surface area contributed by atoms with Crippen molar-refractivity contribution in [3.63, 3.8) is 0 Å². The van der Waals surface area contributed by atoms with Crippen molar-refractivity contribution >= 4 is 11.8 Å². The molecule has 0 unspecified atom stereocenters. The van der Waals surface area contributed by atoms with Gasteiger partial charge in [-0.1, -0.05) is 6.07 Å². The highest BCUT2D eigenvalue weighted by atomic mass is 19.1. The van der Waals surface area contributed by atoms with Gasteiger partial charge in [-0.3, -0.25) is 14.4 Å². The van der Waals surface area contributed by atoms with Gasteiger partial charge in [0.2, 0.25) is 5.43 Å². The number of aromatic hydroxyl groups is 1. The van der Waals surface area contributed by atoms with E-state index in [2.05, 4.69) is 5.32 Å². The van der Waals surface area contributed by atoms with Gasteiger partial charge in [0.15, 0.2) is 11.4 Å². The summed E-state index contributed by atoms with van der Waals surface area (Å²) in [5.41, 5.74) is -1.32. The first-order valence-electron chi connectivity index (χ1n) is 9.86. The second-order valence-corrected chi connectivity index (χ2v) is 8.15. The van der Waals surface area contributed by atoms with Gasteiger partial charge in [-0.2, -0.15) is 0 Å². The van der Waals surface area contributed by atoms with Crippen LogP contribution in [0.3, 0.4) is 0 Å². The number of hydrogen-bond acceptors (Lipinski definition) is 4. The Morgan fingerprint density at radius 1 is 1.23 bits per heavy atom. The molecule has 9 heteroatoms. The molecule has 1 saturated heterocycles. The molecule has 156 valence electrons. The SMILES string of the molecule is O=C(NCc1ccc(F)cc1F)c1cn2c(c(O)c1=O)C(=O)N1[C@@H]3CC[C@@H](C3)[C@@H]1C2. The summed E-state index contributed by atoms with van der Waals surface area (Å²) < 4.78 is 28.3. The van der Waals surface area contributed by atoms with Crippen LogP contribution in [0.4, 0.5) is 8.78 Å². The summed E-state index contributed by atoms with van der Waals surface area (Å²) in [6, 6.07) is 3.11. The lowest BCUT2D eigenvalue weighted by Gasteiger charge is -2.40. The predicted molar refractivity (Wildman–Crippen MR) is 101 cm³/mol. The summed E-state index contributed by atoms with van der Waals surface area (Å²) in [7, 11) is 0. The fourth-order valence-electron chi connectivity index (χ4n) is 5.08. The molecule has 3 heterocycles. The van der Waals surface area contributed by atoms with Gasteiger partial charge in [0.25, 0.3) is 11.8 Å². The molecule has 2 fully saturated rings. The van der Waals surface area contributed by atoms with Crippen LogP contribution >= 0.6 is 0 Å². The first kappa shape index (κ1) is 18.8. The third-order valence-corrected chi connectivity index (χ3v) is 6.52. The lowest BCUT2D eigenvalue weighted by atomic mass is 9.95. The van der Waals surface area contributed by atoms with Crippen molar-refractivity contribution in [2.24, 2.45) is 5.92 Å². The molecule has 5 rings (SSSR count). The molecule has 1 aromatic carbocycles. The highest BCUT2D eigenvalue weighted by molar-refractivity contribution is 5.99. The molecule has 1 saturated carbocycles. The summed E-state index contributed by atoms with van der Waals surface area (Å²) in [6.07, 6.45) is 4.18. The molecule has 2 aliphatic heterocycles. The zero-order valence-electron chi connectivity index (χ0n) is 15.9. The van der Waals surface area contributed by atoms with Gasteiger partial charge in [-0.05, 0) is 31.2 Å². The predicted octanol–water partition coefficient (Wildman–Crippen LogP) is 1.77. The summed E-state index contributed by atoms with van der Waals surface area (Å²) in [5, 5.41) is 12.8. The Hall–Kier alpha value is -3.23. The monoisotopic (exact) mass is 415 g/mol. The number of rotatable bonds is 3. The van der Waals surface area contributed by atoms with E-state index in [4.69, 9.17) is 0 Å². The fraction of sp³-hybridized carbons (Fsp3) is 0.381. The number of carbonyl (C=O) groups is 2. The number of hydrogen-bond donors (Lipinski definition) is 2. The second kappa shape index (κ2) is 6.65. The standard InChI is InChI=1S/C21H19F2N3O4/c22-12-3-1-11(15(23)6-12)7-24-20(29)14-8-25-9-16-10-2-4-13(5-10)26(16)21(30)17(25)19(28)18(14)27/h1,3,6,8,10,13,16,28H,2,4-5,7,9H2,(H,24,29)/t10-,13+,16-/m0/s1. The molecule has 7 nitrogen and oxygen atoms in total. The zero-order chi connectivity index (χ0) is 21.2. The Morgan fingerprint density at radius 3 is 2.80 bits per heavy atom. The molecule has 2 amide bonds. The average molecular weight is 415 g/mol. The van der Waals surface area contributed by atoms with E-state index in [9.17, 15) is 28.3 Å². The van der Waals surface area contributed by atoms with E-state index in [-0.39, 0.29) is 41.4 Å². The summed E-state index contributed by atoms with van der Waals surface area (Å²) in [5.74, 6) is -3.11. The summed E-state index contributed by atoms with van der Waals surface area (Å²) in [6.45, 7) is 0.148. The number of halogens is 2. The topological polar surface area (TPSA) is 91.6 Å². The van der Waals surface area contributed by atoms with Crippen molar-refractivity contribution in [2.75, 3.05) is 0 Å². The van der Waals surface area contributed by atoms with Crippen molar-refractivity contribution in [3.05, 3.63) is 63.1 Å². The van der Waals surface area contributed by atoms with Crippen molar-refractivity contribution in [1.29, 1.82) is 0 Å². The Labute approximate surface area is 169 Å². The summed E-state index contributed by atoms with van der Waals surface area (Å²) >= 11 is 0. The third kappa shape index (κ3) is 2.72. The number of fused-ring (bicyclic) bond motifs is 6. The largest absolute Gasteiger partial charge is 0.503 e. The van der Waals surface area contributed by atoms with E-state index in [0.717, 1.165) is 25.3 Å². The van der Waals surface area contributed by atoms with Crippen molar-refractivity contribution < 1.29 is 23.5 Å². The highest BCUT2D eigenvalue weighted by Gasteiger charge is 2.51. The van der Waals surface area contributed by atoms with E-state index in [1.54, 1.807) is 4.90 Å². The van der Waals surface area contributed by atoms with Gasteiger partial charge in [0.1, 0.15) is 17.2 Å². The first-order chi connectivity index (χ1) is 14.3. The summed E-state index contributed by atoms with van der Waals surface area (Å²) in [4.78, 5) is 39.9. The van der Waals surface area contributed by atoms with Gasteiger partial charge in [0.05, 0.1) is 6.04 Å². The Balaban J connectivity index is 1.44. The van der Waals surface area contributed by atoms with Crippen LogP contribution in [0.1, 0.15) is 45.7 Å². The zero-order valence-corrected chi connectivity index (χ0v) is 15.9. The minimum atomic E-state index is -0.950. The van der Waals surface area contributed by atoms with E-state index >= 15 is 0 Å². The average Bonchev–Trinajstić information content (AvgIpc) is 3.32. The smallest absolute Gasteiger partial charge is 0.275 e. The van der Waals surface area contributed by atoms with E-state index < -0.39 is 28.7 Å². The molecule has 0 radical (unpaired) electrons. The Kier molecular flexibility index (Phi) is 4.16. The molecule has 2 aromatic rings. The Morgan fingerprint density at radius 2 is 2.03 bits per heavy atom.